The van der Waals surface area contributed by atoms with E-state index in [1.807, 2.05) is 0 Å². The van der Waals surface area contributed by atoms with Gasteiger partial charge in [0.2, 0.25) is 0 Å². The van der Waals surface area contributed by atoms with Gasteiger partial charge in [-0.05, 0) is 25.1 Å². The summed E-state index contributed by atoms with van der Waals surface area (Å²) in [6, 6.07) is 2.05. The summed E-state index contributed by atoms with van der Waals surface area (Å²) in [4.78, 5) is 11.5. The standard InChI is InChI=1S/C11H10BrF4NO2/c1-10(19,5-12)9(18)17-6-2-3-8(13)7(4-6)11(14,15)16/h2-4,19H,5H2,1H3,(H,17,18)/t10-/m0/s1. The zero-order chi connectivity index (χ0) is 14.8. The third kappa shape index (κ3) is 3.90. The number of aliphatic hydroxyl groups is 1. The van der Waals surface area contributed by atoms with Crippen molar-refractivity contribution in [2.45, 2.75) is 18.7 Å². The first-order chi connectivity index (χ1) is 8.58. The fraction of sp³-hybridized carbons (Fsp3) is 0.364. The summed E-state index contributed by atoms with van der Waals surface area (Å²) in [5, 5.41) is 11.6. The predicted octanol–water partition coefficient (Wildman–Crippen LogP) is 2.93. The maximum absolute atomic E-state index is 13.0. The van der Waals surface area contributed by atoms with Gasteiger partial charge in [0.15, 0.2) is 0 Å². The number of alkyl halides is 4. The lowest BCUT2D eigenvalue weighted by Gasteiger charge is -2.19. The molecule has 8 heteroatoms. The van der Waals surface area contributed by atoms with Crippen LogP contribution >= 0.6 is 15.9 Å². The van der Waals surface area contributed by atoms with Crippen molar-refractivity contribution in [1.29, 1.82) is 0 Å². The molecule has 0 aromatic heterocycles. The van der Waals surface area contributed by atoms with Gasteiger partial charge in [-0.2, -0.15) is 13.2 Å². The fourth-order valence-electron chi connectivity index (χ4n) is 1.15. The number of halogens is 5. The molecule has 1 rings (SSSR count). The lowest BCUT2D eigenvalue weighted by Crippen LogP contribution is -2.41. The minimum absolute atomic E-state index is 0.0981. The summed E-state index contributed by atoms with van der Waals surface area (Å²) >= 11 is 2.89. The summed E-state index contributed by atoms with van der Waals surface area (Å²) in [6.07, 6.45) is -4.86. The van der Waals surface area contributed by atoms with Crippen LogP contribution in [-0.4, -0.2) is 21.9 Å². The lowest BCUT2D eigenvalue weighted by atomic mass is 10.1. The highest BCUT2D eigenvalue weighted by Crippen LogP contribution is 2.33. The van der Waals surface area contributed by atoms with E-state index in [-0.39, 0.29) is 11.0 Å². The molecular weight excluding hydrogens is 334 g/mol. The smallest absolute Gasteiger partial charge is 0.379 e. The number of amides is 1. The Hall–Kier alpha value is -1.15. The Morgan fingerprint density at radius 3 is 2.47 bits per heavy atom. The molecule has 0 aliphatic heterocycles. The number of hydrogen-bond acceptors (Lipinski definition) is 2. The number of anilines is 1. The summed E-state index contributed by atoms with van der Waals surface area (Å²) in [5.74, 6) is -2.33. The molecule has 2 N–H and O–H groups in total. The Labute approximate surface area is 114 Å². The molecule has 3 nitrogen and oxygen atoms in total. The van der Waals surface area contributed by atoms with Gasteiger partial charge in [-0.15, -0.1) is 0 Å². The van der Waals surface area contributed by atoms with E-state index in [1.54, 1.807) is 0 Å². The van der Waals surface area contributed by atoms with Crippen LogP contribution in [0.5, 0.6) is 0 Å². The zero-order valence-electron chi connectivity index (χ0n) is 9.68. The van der Waals surface area contributed by atoms with Gasteiger partial charge in [-0.3, -0.25) is 4.79 Å². The third-order valence-corrected chi connectivity index (χ3v) is 3.37. The third-order valence-electron chi connectivity index (χ3n) is 2.28. The lowest BCUT2D eigenvalue weighted by molar-refractivity contribution is -0.140. The quantitative estimate of drug-likeness (QED) is 0.654. The minimum atomic E-state index is -4.86. The van der Waals surface area contributed by atoms with Crippen LogP contribution in [0.25, 0.3) is 0 Å². The van der Waals surface area contributed by atoms with Crippen molar-refractivity contribution in [2.75, 3.05) is 10.6 Å². The van der Waals surface area contributed by atoms with Crippen molar-refractivity contribution in [3.63, 3.8) is 0 Å². The number of carbonyl (C=O) groups excluding carboxylic acids is 1. The summed E-state index contributed by atoms with van der Waals surface area (Å²) in [5.41, 5.74) is -3.52. The van der Waals surface area contributed by atoms with E-state index in [0.29, 0.717) is 12.1 Å². The topological polar surface area (TPSA) is 49.3 Å². The van der Waals surface area contributed by atoms with Crippen LogP contribution in [0.4, 0.5) is 23.2 Å². The van der Waals surface area contributed by atoms with Gasteiger partial charge in [-0.1, -0.05) is 15.9 Å². The molecule has 1 aromatic carbocycles. The van der Waals surface area contributed by atoms with Gasteiger partial charge < -0.3 is 10.4 Å². The zero-order valence-corrected chi connectivity index (χ0v) is 11.3. The van der Waals surface area contributed by atoms with Crippen LogP contribution in [-0.2, 0) is 11.0 Å². The summed E-state index contributed by atoms with van der Waals surface area (Å²) in [7, 11) is 0. The van der Waals surface area contributed by atoms with Crippen molar-refractivity contribution in [3.05, 3.63) is 29.6 Å². The van der Waals surface area contributed by atoms with Crippen molar-refractivity contribution in [1.82, 2.24) is 0 Å². The highest BCUT2D eigenvalue weighted by molar-refractivity contribution is 9.09. The van der Waals surface area contributed by atoms with Crippen LogP contribution in [0.15, 0.2) is 18.2 Å². The van der Waals surface area contributed by atoms with E-state index in [4.69, 9.17) is 0 Å². The van der Waals surface area contributed by atoms with Gasteiger partial charge in [0.05, 0.1) is 5.56 Å². The SMILES string of the molecule is C[C@](O)(CBr)C(=O)Nc1ccc(F)c(C(F)(F)F)c1. The first kappa shape index (κ1) is 15.9. The Morgan fingerprint density at radius 2 is 2.00 bits per heavy atom. The van der Waals surface area contributed by atoms with E-state index in [9.17, 15) is 27.5 Å². The van der Waals surface area contributed by atoms with Gasteiger partial charge in [-0.25, -0.2) is 4.39 Å². The number of rotatable bonds is 3. The van der Waals surface area contributed by atoms with Gasteiger partial charge in [0, 0.05) is 11.0 Å². The Morgan fingerprint density at radius 1 is 1.42 bits per heavy atom. The van der Waals surface area contributed by atoms with Crippen LogP contribution in [0.3, 0.4) is 0 Å². The molecule has 1 atom stereocenters. The summed E-state index contributed by atoms with van der Waals surface area (Å²) in [6.45, 7) is 1.19. The highest BCUT2D eigenvalue weighted by atomic mass is 79.9. The molecule has 0 bridgehead atoms. The molecule has 0 heterocycles. The van der Waals surface area contributed by atoms with Crippen LogP contribution < -0.4 is 5.32 Å². The molecule has 0 radical (unpaired) electrons. The normalized spacial score (nSPS) is 14.9. The molecule has 0 unspecified atom stereocenters. The molecule has 1 amide bonds. The van der Waals surface area contributed by atoms with Gasteiger partial charge >= 0.3 is 6.18 Å². The highest BCUT2D eigenvalue weighted by Gasteiger charge is 2.35. The van der Waals surface area contributed by atoms with Crippen molar-refractivity contribution in [3.8, 4) is 0 Å². The number of hydrogen-bond donors (Lipinski definition) is 2. The fourth-order valence-corrected chi connectivity index (χ4v) is 1.40. The van der Waals surface area contributed by atoms with E-state index < -0.39 is 29.1 Å². The molecule has 0 saturated heterocycles. The van der Waals surface area contributed by atoms with Gasteiger partial charge in [0.1, 0.15) is 11.4 Å². The van der Waals surface area contributed by atoms with Crippen molar-refractivity contribution < 1.29 is 27.5 Å². The molecule has 1 aromatic rings. The number of carbonyl (C=O) groups is 1. The minimum Gasteiger partial charge on any atom is -0.379 e. The van der Waals surface area contributed by atoms with Crippen LogP contribution in [0.1, 0.15) is 12.5 Å². The van der Waals surface area contributed by atoms with Crippen LogP contribution in [0, 0.1) is 5.82 Å². The maximum atomic E-state index is 13.0. The van der Waals surface area contributed by atoms with Crippen molar-refractivity contribution in [2.24, 2.45) is 0 Å². The molecule has 0 saturated carbocycles. The average molecular weight is 344 g/mol. The monoisotopic (exact) mass is 343 g/mol. The first-order valence-electron chi connectivity index (χ1n) is 5.04. The molecule has 19 heavy (non-hydrogen) atoms. The Bertz CT molecular complexity index is 488. The van der Waals surface area contributed by atoms with E-state index in [0.717, 1.165) is 6.07 Å². The second kappa shape index (κ2) is 5.46. The van der Waals surface area contributed by atoms with E-state index >= 15 is 0 Å². The molecule has 106 valence electrons. The first-order valence-corrected chi connectivity index (χ1v) is 6.16. The number of benzene rings is 1. The molecule has 0 aliphatic rings. The second-order valence-corrected chi connectivity index (χ2v) is 4.61. The molecule has 0 fully saturated rings. The predicted molar refractivity (Wildman–Crippen MR) is 64.4 cm³/mol. The second-order valence-electron chi connectivity index (χ2n) is 4.05. The largest absolute Gasteiger partial charge is 0.419 e. The van der Waals surface area contributed by atoms with E-state index in [1.165, 1.54) is 6.92 Å². The maximum Gasteiger partial charge on any atom is 0.419 e. The van der Waals surface area contributed by atoms with Crippen LogP contribution in [0.2, 0.25) is 0 Å². The Kier molecular flexibility index (Phi) is 4.57. The average Bonchev–Trinajstić information content (AvgIpc) is 2.30. The number of nitrogens with one attached hydrogen (secondary N) is 1. The van der Waals surface area contributed by atoms with Crippen molar-refractivity contribution >= 4 is 27.5 Å². The summed E-state index contributed by atoms with van der Waals surface area (Å²) < 4.78 is 50.4. The van der Waals surface area contributed by atoms with E-state index in [2.05, 4.69) is 21.2 Å². The molecule has 0 aliphatic carbocycles. The molecule has 0 spiro atoms. The molecular formula is C11H10BrF4NO2. The Balaban J connectivity index is 3.02. The van der Waals surface area contributed by atoms with Gasteiger partial charge in [0.25, 0.3) is 5.91 Å².